The van der Waals surface area contributed by atoms with Gasteiger partial charge in [0.25, 0.3) is 0 Å². The Labute approximate surface area is 89.6 Å². The standard InChI is InChI=1S/C10H12N2O2S/c1-8-4-3-5-10(9(8)2)12-15(13,14)7-6-11/h3-5,12H,7H2,1-2H3. The van der Waals surface area contributed by atoms with E-state index in [1.807, 2.05) is 19.9 Å². The van der Waals surface area contributed by atoms with Gasteiger partial charge in [-0.1, -0.05) is 12.1 Å². The molecule has 0 unspecified atom stereocenters. The van der Waals surface area contributed by atoms with Crippen LogP contribution in [-0.4, -0.2) is 14.2 Å². The van der Waals surface area contributed by atoms with Gasteiger partial charge in [-0.3, -0.25) is 4.72 Å². The average Bonchev–Trinajstić information content (AvgIpc) is 2.12. The number of anilines is 1. The van der Waals surface area contributed by atoms with E-state index in [9.17, 15) is 8.42 Å². The van der Waals surface area contributed by atoms with Crippen molar-refractivity contribution in [3.63, 3.8) is 0 Å². The van der Waals surface area contributed by atoms with E-state index in [4.69, 9.17) is 5.26 Å². The molecule has 0 spiro atoms. The highest BCUT2D eigenvalue weighted by Crippen LogP contribution is 2.19. The minimum atomic E-state index is -3.54. The zero-order valence-corrected chi connectivity index (χ0v) is 9.43. The van der Waals surface area contributed by atoms with Crippen molar-refractivity contribution in [1.82, 2.24) is 0 Å². The third-order valence-corrected chi connectivity index (χ3v) is 3.16. The topological polar surface area (TPSA) is 70.0 Å². The molecule has 0 aromatic heterocycles. The lowest BCUT2D eigenvalue weighted by Crippen LogP contribution is -2.16. The number of nitriles is 1. The number of nitrogens with zero attached hydrogens (tertiary/aromatic N) is 1. The molecule has 0 aliphatic heterocycles. The second-order valence-corrected chi connectivity index (χ2v) is 4.99. The van der Waals surface area contributed by atoms with E-state index < -0.39 is 15.8 Å². The van der Waals surface area contributed by atoms with Gasteiger partial charge < -0.3 is 0 Å². The van der Waals surface area contributed by atoms with Crippen LogP contribution in [0, 0.1) is 25.2 Å². The van der Waals surface area contributed by atoms with E-state index in [-0.39, 0.29) is 0 Å². The number of hydrogen-bond donors (Lipinski definition) is 1. The molecular weight excluding hydrogens is 212 g/mol. The summed E-state index contributed by atoms with van der Waals surface area (Å²) >= 11 is 0. The molecule has 0 saturated heterocycles. The van der Waals surface area contributed by atoms with Crippen molar-refractivity contribution >= 4 is 15.7 Å². The van der Waals surface area contributed by atoms with Gasteiger partial charge in [-0.05, 0) is 31.0 Å². The molecule has 15 heavy (non-hydrogen) atoms. The maximum absolute atomic E-state index is 11.3. The van der Waals surface area contributed by atoms with Crippen LogP contribution < -0.4 is 4.72 Å². The lowest BCUT2D eigenvalue weighted by Gasteiger charge is -2.09. The van der Waals surface area contributed by atoms with Crippen molar-refractivity contribution in [2.45, 2.75) is 13.8 Å². The summed E-state index contributed by atoms with van der Waals surface area (Å²) in [5, 5.41) is 8.33. The summed E-state index contributed by atoms with van der Waals surface area (Å²) in [4.78, 5) is 0. The second kappa shape index (κ2) is 4.32. The smallest absolute Gasteiger partial charge is 0.246 e. The van der Waals surface area contributed by atoms with Crippen LogP contribution in [0.3, 0.4) is 0 Å². The molecule has 4 nitrogen and oxygen atoms in total. The fourth-order valence-electron chi connectivity index (χ4n) is 1.15. The number of sulfonamides is 1. The first kappa shape index (κ1) is 11.5. The molecule has 0 aliphatic rings. The first-order chi connectivity index (χ1) is 6.96. The Morgan fingerprint density at radius 2 is 2.07 bits per heavy atom. The molecule has 1 rings (SSSR count). The van der Waals surface area contributed by atoms with E-state index in [0.717, 1.165) is 11.1 Å². The molecule has 0 bridgehead atoms. The SMILES string of the molecule is Cc1cccc(NS(=O)(=O)CC#N)c1C. The second-order valence-electron chi connectivity index (χ2n) is 3.27. The third-order valence-electron chi connectivity index (χ3n) is 2.12. The highest BCUT2D eigenvalue weighted by atomic mass is 32.2. The predicted molar refractivity (Wildman–Crippen MR) is 58.9 cm³/mol. The number of benzene rings is 1. The number of nitrogens with one attached hydrogen (secondary N) is 1. The van der Waals surface area contributed by atoms with Gasteiger partial charge >= 0.3 is 0 Å². The first-order valence-electron chi connectivity index (χ1n) is 4.40. The van der Waals surface area contributed by atoms with E-state index >= 15 is 0 Å². The van der Waals surface area contributed by atoms with Crippen LogP contribution in [0.15, 0.2) is 18.2 Å². The molecule has 0 fully saturated rings. The van der Waals surface area contributed by atoms with Crippen molar-refractivity contribution in [2.24, 2.45) is 0 Å². The molecule has 1 N–H and O–H groups in total. The van der Waals surface area contributed by atoms with Gasteiger partial charge in [0.05, 0.1) is 11.8 Å². The minimum Gasteiger partial charge on any atom is -0.282 e. The number of hydrogen-bond acceptors (Lipinski definition) is 3. The highest BCUT2D eigenvalue weighted by molar-refractivity contribution is 7.92. The summed E-state index contributed by atoms with van der Waals surface area (Å²) < 4.78 is 25.0. The number of rotatable bonds is 3. The molecule has 5 heteroatoms. The Bertz CT molecular complexity index is 501. The number of aryl methyl sites for hydroxylation is 1. The summed E-state index contributed by atoms with van der Waals surface area (Å²) in [6.45, 7) is 3.73. The van der Waals surface area contributed by atoms with Gasteiger partial charge in [-0.25, -0.2) is 8.42 Å². The molecular formula is C10H12N2O2S. The molecule has 0 aliphatic carbocycles. The Hall–Kier alpha value is -1.54. The largest absolute Gasteiger partial charge is 0.282 e. The van der Waals surface area contributed by atoms with E-state index in [0.29, 0.717) is 5.69 Å². The van der Waals surface area contributed by atoms with Gasteiger partial charge in [0.15, 0.2) is 5.75 Å². The minimum absolute atomic E-state index is 0.527. The van der Waals surface area contributed by atoms with Crippen LogP contribution in [0.2, 0.25) is 0 Å². The Morgan fingerprint density at radius 3 is 2.67 bits per heavy atom. The Balaban J connectivity index is 3.02. The lowest BCUT2D eigenvalue weighted by atomic mass is 10.1. The third kappa shape index (κ3) is 2.96. The molecule has 1 aromatic rings. The van der Waals surface area contributed by atoms with Crippen LogP contribution in [-0.2, 0) is 10.0 Å². The quantitative estimate of drug-likeness (QED) is 0.847. The fraction of sp³-hybridized carbons (Fsp3) is 0.300. The molecule has 0 saturated carbocycles. The molecule has 1 aromatic carbocycles. The summed E-state index contributed by atoms with van der Waals surface area (Å²) in [6, 6.07) is 6.96. The van der Waals surface area contributed by atoms with Gasteiger partial charge in [-0.15, -0.1) is 0 Å². The molecule has 0 heterocycles. The normalized spacial score (nSPS) is 10.7. The van der Waals surface area contributed by atoms with Gasteiger partial charge in [0, 0.05) is 0 Å². The molecule has 0 radical (unpaired) electrons. The van der Waals surface area contributed by atoms with Crippen LogP contribution >= 0.6 is 0 Å². The molecule has 0 atom stereocenters. The van der Waals surface area contributed by atoms with Crippen molar-refractivity contribution in [3.05, 3.63) is 29.3 Å². The average molecular weight is 224 g/mol. The summed E-state index contributed by atoms with van der Waals surface area (Å²) in [5.74, 6) is -0.527. The Kier molecular flexibility index (Phi) is 3.32. The van der Waals surface area contributed by atoms with Crippen LogP contribution in [0.5, 0.6) is 0 Å². The zero-order chi connectivity index (χ0) is 11.5. The molecule has 80 valence electrons. The van der Waals surface area contributed by atoms with E-state index in [1.165, 1.54) is 0 Å². The highest BCUT2D eigenvalue weighted by Gasteiger charge is 2.11. The van der Waals surface area contributed by atoms with Crippen molar-refractivity contribution in [2.75, 3.05) is 10.5 Å². The summed E-state index contributed by atoms with van der Waals surface area (Å²) in [7, 11) is -3.54. The maximum atomic E-state index is 11.3. The van der Waals surface area contributed by atoms with Gasteiger partial charge in [-0.2, -0.15) is 5.26 Å². The molecule has 0 amide bonds. The van der Waals surface area contributed by atoms with Crippen molar-refractivity contribution < 1.29 is 8.42 Å². The van der Waals surface area contributed by atoms with Crippen molar-refractivity contribution in [3.8, 4) is 6.07 Å². The summed E-state index contributed by atoms with van der Waals surface area (Å²) in [5.41, 5.74) is 2.41. The zero-order valence-electron chi connectivity index (χ0n) is 8.61. The van der Waals surface area contributed by atoms with Crippen LogP contribution in [0.25, 0.3) is 0 Å². The van der Waals surface area contributed by atoms with Crippen molar-refractivity contribution in [1.29, 1.82) is 5.26 Å². The predicted octanol–water partition coefficient (Wildman–Crippen LogP) is 1.57. The van der Waals surface area contributed by atoms with Crippen LogP contribution in [0.4, 0.5) is 5.69 Å². The Morgan fingerprint density at radius 1 is 1.40 bits per heavy atom. The van der Waals surface area contributed by atoms with Gasteiger partial charge in [0.1, 0.15) is 0 Å². The monoisotopic (exact) mass is 224 g/mol. The summed E-state index contributed by atoms with van der Waals surface area (Å²) in [6.07, 6.45) is 0. The fourth-order valence-corrected chi connectivity index (χ4v) is 1.95. The van der Waals surface area contributed by atoms with Gasteiger partial charge in [0.2, 0.25) is 10.0 Å². The lowest BCUT2D eigenvalue weighted by molar-refractivity contribution is 0.604. The first-order valence-corrected chi connectivity index (χ1v) is 6.05. The van der Waals surface area contributed by atoms with Crippen LogP contribution in [0.1, 0.15) is 11.1 Å². The maximum Gasteiger partial charge on any atom is 0.246 e. The van der Waals surface area contributed by atoms with E-state index in [1.54, 1.807) is 18.2 Å². The van der Waals surface area contributed by atoms with E-state index in [2.05, 4.69) is 4.72 Å².